The van der Waals surface area contributed by atoms with E-state index >= 15 is 0 Å². The van der Waals surface area contributed by atoms with E-state index in [0.717, 1.165) is 31.9 Å². The van der Waals surface area contributed by atoms with Crippen LogP contribution in [0, 0.1) is 0 Å². The highest BCUT2D eigenvalue weighted by Gasteiger charge is 2.13. The van der Waals surface area contributed by atoms with Crippen molar-refractivity contribution in [3.63, 3.8) is 0 Å². The number of piperazine rings is 1. The lowest BCUT2D eigenvalue weighted by molar-refractivity contribution is -0.111. The highest BCUT2D eigenvalue weighted by molar-refractivity contribution is 9.10. The topological polar surface area (TPSA) is 48.7 Å². The van der Waals surface area contributed by atoms with Crippen LogP contribution < -0.4 is 10.2 Å². The molecule has 1 N–H and O–H groups in total. The zero-order valence-electron chi connectivity index (χ0n) is 13.5. The first-order valence-corrected chi connectivity index (χ1v) is 8.67. The van der Waals surface area contributed by atoms with Crippen LogP contribution >= 0.6 is 15.9 Å². The molecule has 2 aromatic rings. The summed E-state index contributed by atoms with van der Waals surface area (Å²) in [6.07, 6.45) is 3.10. The van der Waals surface area contributed by atoms with E-state index in [2.05, 4.69) is 38.1 Å². The number of anilines is 2. The Hall–Kier alpha value is -2.05. The summed E-state index contributed by atoms with van der Waals surface area (Å²) in [7, 11) is 2.14. The van der Waals surface area contributed by atoms with Gasteiger partial charge in [0, 0.05) is 43.6 Å². The molecule has 0 unspecified atom stereocenters. The molecule has 2 heterocycles. The Morgan fingerprint density at radius 1 is 1.12 bits per heavy atom. The van der Waals surface area contributed by atoms with Crippen LogP contribution in [0.2, 0.25) is 0 Å². The van der Waals surface area contributed by atoms with Crippen molar-refractivity contribution in [2.24, 2.45) is 0 Å². The second kappa shape index (κ2) is 7.68. The molecule has 1 aromatic carbocycles. The maximum absolute atomic E-state index is 11.9. The molecule has 0 aliphatic carbocycles. The molecule has 0 bridgehead atoms. The van der Waals surface area contributed by atoms with Crippen molar-refractivity contribution < 1.29 is 9.21 Å². The van der Waals surface area contributed by atoms with Crippen LogP contribution in [0.25, 0.3) is 6.08 Å². The number of carbonyl (C=O) groups excluding carboxylic acids is 1. The first kappa shape index (κ1) is 16.8. The molecule has 1 aromatic heterocycles. The lowest BCUT2D eigenvalue weighted by atomic mass is 10.2. The molecule has 1 aliphatic rings. The molecule has 0 saturated carbocycles. The predicted molar refractivity (Wildman–Crippen MR) is 100 cm³/mol. The Morgan fingerprint density at radius 2 is 1.83 bits per heavy atom. The zero-order chi connectivity index (χ0) is 16.9. The number of likely N-dealkylation sites (N-methyl/N-ethyl adjacent to an activating group) is 1. The quantitative estimate of drug-likeness (QED) is 0.813. The molecule has 1 fully saturated rings. The van der Waals surface area contributed by atoms with Gasteiger partial charge in [-0.05, 0) is 65.5 Å². The summed E-state index contributed by atoms with van der Waals surface area (Å²) in [4.78, 5) is 16.6. The van der Waals surface area contributed by atoms with E-state index in [9.17, 15) is 4.79 Å². The van der Waals surface area contributed by atoms with Crippen LogP contribution in [-0.4, -0.2) is 44.0 Å². The van der Waals surface area contributed by atoms with Gasteiger partial charge in [-0.25, -0.2) is 0 Å². The molecule has 126 valence electrons. The lowest BCUT2D eigenvalue weighted by Crippen LogP contribution is -2.44. The number of halogens is 1. The van der Waals surface area contributed by atoms with Crippen LogP contribution in [0.4, 0.5) is 11.4 Å². The van der Waals surface area contributed by atoms with Crippen molar-refractivity contribution in [3.05, 3.63) is 52.9 Å². The van der Waals surface area contributed by atoms with Crippen LogP contribution in [0.1, 0.15) is 5.76 Å². The zero-order valence-corrected chi connectivity index (χ0v) is 15.1. The minimum Gasteiger partial charge on any atom is -0.450 e. The monoisotopic (exact) mass is 389 g/mol. The van der Waals surface area contributed by atoms with E-state index < -0.39 is 0 Å². The molecule has 1 aliphatic heterocycles. The minimum atomic E-state index is -0.185. The maximum Gasteiger partial charge on any atom is 0.248 e. The largest absolute Gasteiger partial charge is 0.450 e. The van der Waals surface area contributed by atoms with E-state index in [0.29, 0.717) is 10.4 Å². The molecule has 5 nitrogen and oxygen atoms in total. The van der Waals surface area contributed by atoms with Gasteiger partial charge in [-0.2, -0.15) is 0 Å². The van der Waals surface area contributed by atoms with Crippen molar-refractivity contribution in [3.8, 4) is 0 Å². The number of hydrogen-bond acceptors (Lipinski definition) is 4. The van der Waals surface area contributed by atoms with Crippen LogP contribution in [-0.2, 0) is 4.79 Å². The molecule has 0 spiro atoms. The van der Waals surface area contributed by atoms with Crippen molar-refractivity contribution >= 4 is 39.3 Å². The summed E-state index contributed by atoms with van der Waals surface area (Å²) in [6.45, 7) is 4.21. The van der Waals surface area contributed by atoms with Gasteiger partial charge in [0.15, 0.2) is 4.67 Å². The third-order valence-electron chi connectivity index (χ3n) is 4.00. The molecular formula is C18H20BrN3O2. The minimum absolute atomic E-state index is 0.185. The second-order valence-corrected chi connectivity index (χ2v) is 6.58. The van der Waals surface area contributed by atoms with E-state index in [1.807, 2.05) is 24.3 Å². The summed E-state index contributed by atoms with van der Waals surface area (Å²) >= 11 is 3.23. The van der Waals surface area contributed by atoms with Gasteiger partial charge in [-0.3, -0.25) is 4.79 Å². The van der Waals surface area contributed by atoms with Crippen molar-refractivity contribution in [1.29, 1.82) is 0 Å². The van der Waals surface area contributed by atoms with Crippen molar-refractivity contribution in [1.82, 2.24) is 4.90 Å². The van der Waals surface area contributed by atoms with Crippen LogP contribution in [0.5, 0.6) is 0 Å². The fourth-order valence-corrected chi connectivity index (χ4v) is 2.90. The summed E-state index contributed by atoms with van der Waals surface area (Å²) in [6, 6.07) is 11.5. The smallest absolute Gasteiger partial charge is 0.248 e. The number of benzene rings is 1. The van der Waals surface area contributed by atoms with Gasteiger partial charge in [-0.1, -0.05) is 0 Å². The standard InChI is InChI=1S/C18H20BrN3O2/c1-21-10-12-22(13-11-21)15-4-2-14(3-5-15)20-18(23)9-7-16-6-8-17(19)24-16/h2-9H,10-13H2,1H3,(H,20,23)/b9-7+. The van der Waals surface area contributed by atoms with Crippen molar-refractivity contribution in [2.45, 2.75) is 0 Å². The second-order valence-electron chi connectivity index (χ2n) is 5.80. The summed E-state index contributed by atoms with van der Waals surface area (Å²) in [5, 5.41) is 2.85. The summed E-state index contributed by atoms with van der Waals surface area (Å²) in [5.41, 5.74) is 1.97. The fourth-order valence-electron chi connectivity index (χ4n) is 2.58. The third kappa shape index (κ3) is 4.49. The Labute approximate surface area is 150 Å². The number of rotatable bonds is 4. The first-order chi connectivity index (χ1) is 11.6. The van der Waals surface area contributed by atoms with Crippen LogP contribution in [0.3, 0.4) is 0 Å². The Morgan fingerprint density at radius 3 is 2.46 bits per heavy atom. The number of amides is 1. The Bertz CT molecular complexity index is 716. The van der Waals surface area contributed by atoms with E-state index in [-0.39, 0.29) is 5.91 Å². The van der Waals surface area contributed by atoms with Gasteiger partial charge >= 0.3 is 0 Å². The fraction of sp³-hybridized carbons (Fsp3) is 0.278. The van der Waals surface area contributed by atoms with Gasteiger partial charge in [0.2, 0.25) is 5.91 Å². The third-order valence-corrected chi connectivity index (χ3v) is 4.42. The molecular weight excluding hydrogens is 370 g/mol. The Balaban J connectivity index is 1.55. The van der Waals surface area contributed by atoms with Gasteiger partial charge in [-0.15, -0.1) is 0 Å². The lowest BCUT2D eigenvalue weighted by Gasteiger charge is -2.34. The predicted octanol–water partition coefficient (Wildman–Crippen LogP) is 3.45. The SMILES string of the molecule is CN1CCN(c2ccc(NC(=O)/C=C/c3ccc(Br)o3)cc2)CC1. The first-order valence-electron chi connectivity index (χ1n) is 7.88. The van der Waals surface area contributed by atoms with Crippen molar-refractivity contribution in [2.75, 3.05) is 43.4 Å². The highest BCUT2D eigenvalue weighted by Crippen LogP contribution is 2.19. The number of nitrogens with one attached hydrogen (secondary N) is 1. The molecule has 0 radical (unpaired) electrons. The summed E-state index contributed by atoms with van der Waals surface area (Å²) < 4.78 is 5.96. The summed E-state index contributed by atoms with van der Waals surface area (Å²) in [5.74, 6) is 0.442. The van der Waals surface area contributed by atoms with Gasteiger partial charge in [0.25, 0.3) is 0 Å². The van der Waals surface area contributed by atoms with Gasteiger partial charge in [0.1, 0.15) is 5.76 Å². The average Bonchev–Trinajstić information content (AvgIpc) is 3.00. The maximum atomic E-state index is 11.9. The molecule has 1 amide bonds. The molecule has 6 heteroatoms. The van der Waals surface area contributed by atoms with E-state index in [4.69, 9.17) is 4.42 Å². The average molecular weight is 390 g/mol. The van der Waals surface area contributed by atoms with E-state index in [1.54, 1.807) is 18.2 Å². The number of carbonyl (C=O) groups is 1. The Kier molecular flexibility index (Phi) is 5.37. The number of hydrogen-bond donors (Lipinski definition) is 1. The molecule has 3 rings (SSSR count). The van der Waals surface area contributed by atoms with Crippen LogP contribution in [0.15, 0.2) is 51.6 Å². The molecule has 1 saturated heterocycles. The highest BCUT2D eigenvalue weighted by atomic mass is 79.9. The number of nitrogens with zero attached hydrogens (tertiary/aromatic N) is 2. The molecule has 0 atom stereocenters. The normalized spacial score (nSPS) is 15.8. The van der Waals surface area contributed by atoms with Gasteiger partial charge in [0.05, 0.1) is 0 Å². The number of furan rings is 1. The van der Waals surface area contributed by atoms with E-state index in [1.165, 1.54) is 11.8 Å². The van der Waals surface area contributed by atoms with Gasteiger partial charge < -0.3 is 19.5 Å². The molecule has 24 heavy (non-hydrogen) atoms.